The predicted octanol–water partition coefficient (Wildman–Crippen LogP) is 1.88. The first kappa shape index (κ1) is 14.9. The number of carbonyl (C=O) groups is 2. The number of hydrogen-bond acceptors (Lipinski definition) is 3. The van der Waals surface area contributed by atoms with E-state index in [0.29, 0.717) is 13.1 Å². The van der Waals surface area contributed by atoms with Gasteiger partial charge in [0.05, 0.1) is 7.11 Å². The van der Waals surface area contributed by atoms with Gasteiger partial charge in [-0.05, 0) is 30.5 Å². The van der Waals surface area contributed by atoms with Crippen molar-refractivity contribution in [1.29, 1.82) is 0 Å². The highest BCUT2D eigenvalue weighted by molar-refractivity contribution is 5.90. The van der Waals surface area contributed by atoms with Crippen LogP contribution in [-0.2, 0) is 9.59 Å². The minimum atomic E-state index is -0.521. The summed E-state index contributed by atoms with van der Waals surface area (Å²) in [6, 6.07) is 6.87. The lowest BCUT2D eigenvalue weighted by Crippen LogP contribution is -2.53. The van der Waals surface area contributed by atoms with E-state index in [9.17, 15) is 9.59 Å². The molecule has 1 saturated carbocycles. The zero-order valence-corrected chi connectivity index (χ0v) is 12.9. The first-order valence-corrected chi connectivity index (χ1v) is 7.93. The zero-order valence-electron chi connectivity index (χ0n) is 12.9. The molecule has 2 amide bonds. The average molecular weight is 302 g/mol. The SMILES string of the molecule is COc1ccc(C2C(=O)NCCN2C(=O)C2CCCC2)cc1. The molecule has 5 heteroatoms. The van der Waals surface area contributed by atoms with Gasteiger partial charge in [-0.25, -0.2) is 0 Å². The number of nitrogens with zero attached hydrogens (tertiary/aromatic N) is 1. The molecule has 3 rings (SSSR count). The molecule has 22 heavy (non-hydrogen) atoms. The maximum Gasteiger partial charge on any atom is 0.247 e. The van der Waals surface area contributed by atoms with Crippen LogP contribution in [0.5, 0.6) is 5.75 Å². The standard InChI is InChI=1S/C17H22N2O3/c1-22-14-8-6-12(7-9-14)15-16(20)18-10-11-19(15)17(21)13-4-2-3-5-13/h6-9,13,15H,2-5,10-11H2,1H3,(H,18,20). The summed E-state index contributed by atoms with van der Waals surface area (Å²) in [5.74, 6) is 0.871. The van der Waals surface area contributed by atoms with Crippen molar-refractivity contribution < 1.29 is 14.3 Å². The van der Waals surface area contributed by atoms with E-state index in [0.717, 1.165) is 37.0 Å². The summed E-state index contributed by atoms with van der Waals surface area (Å²) < 4.78 is 5.16. The number of nitrogens with one attached hydrogen (secondary N) is 1. The fourth-order valence-corrected chi connectivity index (χ4v) is 3.43. The summed E-state index contributed by atoms with van der Waals surface area (Å²) in [6.45, 7) is 1.11. The number of methoxy groups -OCH3 is 1. The highest BCUT2D eigenvalue weighted by Crippen LogP contribution is 2.31. The molecule has 1 N–H and O–H groups in total. The van der Waals surface area contributed by atoms with E-state index in [2.05, 4.69) is 5.32 Å². The molecule has 1 aliphatic carbocycles. The summed E-state index contributed by atoms with van der Waals surface area (Å²) in [5, 5.41) is 2.87. The van der Waals surface area contributed by atoms with Crippen LogP contribution in [0.4, 0.5) is 0 Å². The van der Waals surface area contributed by atoms with E-state index in [4.69, 9.17) is 4.74 Å². The van der Waals surface area contributed by atoms with Crippen LogP contribution in [0.1, 0.15) is 37.3 Å². The minimum absolute atomic E-state index is 0.0895. The molecule has 0 aromatic heterocycles. The van der Waals surface area contributed by atoms with Gasteiger partial charge in [-0.15, -0.1) is 0 Å². The molecule has 1 aliphatic heterocycles. The normalized spacial score (nSPS) is 22.5. The van der Waals surface area contributed by atoms with Crippen molar-refractivity contribution in [2.24, 2.45) is 5.92 Å². The van der Waals surface area contributed by atoms with E-state index in [1.54, 1.807) is 12.0 Å². The monoisotopic (exact) mass is 302 g/mol. The number of ether oxygens (including phenoxy) is 1. The summed E-state index contributed by atoms with van der Waals surface area (Å²) in [6.07, 6.45) is 4.13. The van der Waals surface area contributed by atoms with Gasteiger partial charge < -0.3 is 15.0 Å². The molecule has 1 atom stereocenters. The molecule has 1 unspecified atom stereocenters. The highest BCUT2D eigenvalue weighted by atomic mass is 16.5. The second-order valence-electron chi connectivity index (χ2n) is 5.98. The Kier molecular flexibility index (Phi) is 4.32. The Bertz CT molecular complexity index is 550. The van der Waals surface area contributed by atoms with Crippen LogP contribution >= 0.6 is 0 Å². The van der Waals surface area contributed by atoms with E-state index >= 15 is 0 Å². The van der Waals surface area contributed by atoms with E-state index in [-0.39, 0.29) is 17.7 Å². The third-order valence-electron chi connectivity index (χ3n) is 4.63. The van der Waals surface area contributed by atoms with Crippen molar-refractivity contribution >= 4 is 11.8 Å². The third kappa shape index (κ3) is 2.80. The van der Waals surface area contributed by atoms with Crippen LogP contribution in [0, 0.1) is 5.92 Å². The molecular weight excluding hydrogens is 280 g/mol. The Morgan fingerprint density at radius 2 is 1.91 bits per heavy atom. The van der Waals surface area contributed by atoms with Crippen molar-refractivity contribution in [2.45, 2.75) is 31.7 Å². The summed E-state index contributed by atoms with van der Waals surface area (Å²) in [7, 11) is 1.61. The van der Waals surface area contributed by atoms with Gasteiger partial charge in [-0.2, -0.15) is 0 Å². The average Bonchev–Trinajstić information content (AvgIpc) is 3.08. The fraction of sp³-hybridized carbons (Fsp3) is 0.529. The van der Waals surface area contributed by atoms with Crippen LogP contribution in [0.2, 0.25) is 0 Å². The summed E-state index contributed by atoms with van der Waals surface area (Å²) >= 11 is 0. The van der Waals surface area contributed by atoms with Crippen LogP contribution in [0.3, 0.4) is 0 Å². The molecule has 1 aromatic carbocycles. The van der Waals surface area contributed by atoms with Crippen molar-refractivity contribution in [3.63, 3.8) is 0 Å². The Hall–Kier alpha value is -2.04. The van der Waals surface area contributed by atoms with Crippen LogP contribution in [0.25, 0.3) is 0 Å². The molecule has 0 radical (unpaired) electrons. The molecule has 2 aliphatic rings. The molecule has 0 spiro atoms. The minimum Gasteiger partial charge on any atom is -0.497 e. The molecule has 1 saturated heterocycles. The van der Waals surface area contributed by atoms with Crippen molar-refractivity contribution in [2.75, 3.05) is 20.2 Å². The van der Waals surface area contributed by atoms with Crippen LogP contribution in [-0.4, -0.2) is 36.9 Å². The Labute approximate surface area is 130 Å². The molecular formula is C17H22N2O3. The lowest BCUT2D eigenvalue weighted by Gasteiger charge is -2.36. The predicted molar refractivity (Wildman–Crippen MR) is 82.4 cm³/mol. The molecule has 5 nitrogen and oxygen atoms in total. The maximum atomic E-state index is 12.8. The number of benzene rings is 1. The number of amides is 2. The smallest absolute Gasteiger partial charge is 0.247 e. The van der Waals surface area contributed by atoms with Gasteiger partial charge in [-0.1, -0.05) is 25.0 Å². The first-order valence-electron chi connectivity index (χ1n) is 7.93. The van der Waals surface area contributed by atoms with Gasteiger partial charge in [0.15, 0.2) is 0 Å². The van der Waals surface area contributed by atoms with Crippen LogP contribution in [0.15, 0.2) is 24.3 Å². The van der Waals surface area contributed by atoms with Gasteiger partial charge >= 0.3 is 0 Å². The molecule has 1 aromatic rings. The Morgan fingerprint density at radius 1 is 1.23 bits per heavy atom. The van der Waals surface area contributed by atoms with Crippen molar-refractivity contribution in [1.82, 2.24) is 10.2 Å². The van der Waals surface area contributed by atoms with Gasteiger partial charge in [0.25, 0.3) is 0 Å². The van der Waals surface area contributed by atoms with Gasteiger partial charge in [0.1, 0.15) is 11.8 Å². The zero-order chi connectivity index (χ0) is 15.5. The fourth-order valence-electron chi connectivity index (χ4n) is 3.43. The number of piperazine rings is 1. The molecule has 0 bridgehead atoms. The number of carbonyl (C=O) groups excluding carboxylic acids is 2. The largest absolute Gasteiger partial charge is 0.497 e. The van der Waals surface area contributed by atoms with Crippen LogP contribution < -0.4 is 10.1 Å². The highest BCUT2D eigenvalue weighted by Gasteiger charge is 2.37. The van der Waals surface area contributed by atoms with E-state index in [1.807, 2.05) is 24.3 Å². The van der Waals surface area contributed by atoms with Crippen molar-refractivity contribution in [3.05, 3.63) is 29.8 Å². The second kappa shape index (κ2) is 6.38. The first-order chi connectivity index (χ1) is 10.7. The quantitative estimate of drug-likeness (QED) is 0.927. The Morgan fingerprint density at radius 3 is 2.55 bits per heavy atom. The lowest BCUT2D eigenvalue weighted by molar-refractivity contribution is -0.146. The molecule has 118 valence electrons. The van der Waals surface area contributed by atoms with E-state index < -0.39 is 6.04 Å². The maximum absolute atomic E-state index is 12.8. The van der Waals surface area contributed by atoms with Crippen molar-refractivity contribution in [3.8, 4) is 5.75 Å². The second-order valence-corrected chi connectivity index (χ2v) is 5.98. The van der Waals surface area contributed by atoms with Gasteiger partial charge in [0, 0.05) is 19.0 Å². The lowest BCUT2D eigenvalue weighted by atomic mass is 9.98. The number of rotatable bonds is 3. The topological polar surface area (TPSA) is 58.6 Å². The third-order valence-corrected chi connectivity index (χ3v) is 4.63. The summed E-state index contributed by atoms with van der Waals surface area (Å²) in [5.41, 5.74) is 0.837. The van der Waals surface area contributed by atoms with Gasteiger partial charge in [0.2, 0.25) is 11.8 Å². The Balaban J connectivity index is 1.85. The number of hydrogen-bond donors (Lipinski definition) is 1. The van der Waals surface area contributed by atoms with Gasteiger partial charge in [-0.3, -0.25) is 9.59 Å². The molecule has 1 heterocycles. The van der Waals surface area contributed by atoms with E-state index in [1.165, 1.54) is 0 Å². The molecule has 2 fully saturated rings. The summed E-state index contributed by atoms with van der Waals surface area (Å²) in [4.78, 5) is 26.9.